The molecule has 0 bridgehead atoms. The summed E-state index contributed by atoms with van der Waals surface area (Å²) in [6, 6.07) is 4.38. The minimum Gasteiger partial charge on any atom is -0.207 e. The lowest BCUT2D eigenvalue weighted by Crippen LogP contribution is -2.27. The Morgan fingerprint density at radius 1 is 1.24 bits per heavy atom. The van der Waals surface area contributed by atoms with Crippen LogP contribution >= 0.6 is 27.3 Å². The molecule has 0 aliphatic carbocycles. The zero-order chi connectivity index (χ0) is 15.8. The number of aryl methyl sites for hydroxylation is 2. The second-order valence-electron chi connectivity index (χ2n) is 4.86. The summed E-state index contributed by atoms with van der Waals surface area (Å²) in [7, 11) is -2.12. The van der Waals surface area contributed by atoms with Crippen molar-refractivity contribution in [3.63, 3.8) is 0 Å². The van der Waals surface area contributed by atoms with E-state index < -0.39 is 15.8 Å². The smallest absolute Gasteiger partial charge is 0.207 e. The summed E-state index contributed by atoms with van der Waals surface area (Å²) in [5, 5.41) is 1.91. The third-order valence-corrected chi connectivity index (χ3v) is 6.89. The van der Waals surface area contributed by atoms with Crippen LogP contribution in [0.4, 0.5) is 4.39 Å². The van der Waals surface area contributed by atoms with Gasteiger partial charge in [0.1, 0.15) is 5.82 Å². The van der Waals surface area contributed by atoms with E-state index in [9.17, 15) is 12.8 Å². The van der Waals surface area contributed by atoms with E-state index in [1.807, 2.05) is 11.4 Å². The molecule has 0 fully saturated rings. The van der Waals surface area contributed by atoms with Gasteiger partial charge in [-0.15, -0.1) is 11.3 Å². The Kier molecular flexibility index (Phi) is 4.87. The van der Waals surface area contributed by atoms with Crippen molar-refractivity contribution in [2.75, 3.05) is 7.05 Å². The molecule has 0 saturated carbocycles. The molecule has 0 radical (unpaired) electrons. The summed E-state index contributed by atoms with van der Waals surface area (Å²) in [5.74, 6) is -0.422. The van der Waals surface area contributed by atoms with Crippen LogP contribution in [0.3, 0.4) is 0 Å². The van der Waals surface area contributed by atoms with Gasteiger partial charge in [0.05, 0.1) is 4.90 Å². The number of sulfonamides is 1. The predicted molar refractivity (Wildman–Crippen MR) is 86.5 cm³/mol. The molecular formula is C14H15BrFNO2S2. The molecular weight excluding hydrogens is 377 g/mol. The van der Waals surface area contributed by atoms with Crippen molar-refractivity contribution in [2.24, 2.45) is 0 Å². The molecule has 1 aromatic heterocycles. The lowest BCUT2D eigenvalue weighted by molar-refractivity contribution is 0.468. The predicted octanol–water partition coefficient (Wildman–Crippen LogP) is 4.09. The van der Waals surface area contributed by atoms with Gasteiger partial charge in [-0.05, 0) is 59.1 Å². The fourth-order valence-corrected chi connectivity index (χ4v) is 5.34. The van der Waals surface area contributed by atoms with Gasteiger partial charge < -0.3 is 0 Å². The van der Waals surface area contributed by atoms with Gasteiger partial charge in [-0.1, -0.05) is 0 Å². The fraction of sp³-hybridized carbons (Fsp3) is 0.286. The maximum atomic E-state index is 13.3. The lowest BCUT2D eigenvalue weighted by atomic mass is 10.1. The van der Waals surface area contributed by atoms with E-state index in [1.54, 1.807) is 13.8 Å². The summed E-state index contributed by atoms with van der Waals surface area (Å²) in [4.78, 5) is 1.12. The Hall–Kier alpha value is -0.760. The van der Waals surface area contributed by atoms with Gasteiger partial charge in [0.25, 0.3) is 0 Å². The molecule has 114 valence electrons. The Morgan fingerprint density at radius 2 is 1.81 bits per heavy atom. The van der Waals surface area contributed by atoms with Crippen LogP contribution in [0.5, 0.6) is 0 Å². The first-order valence-electron chi connectivity index (χ1n) is 6.18. The van der Waals surface area contributed by atoms with E-state index in [1.165, 1.54) is 34.8 Å². The summed E-state index contributed by atoms with van der Waals surface area (Å²) in [6.07, 6.45) is 0. The summed E-state index contributed by atoms with van der Waals surface area (Å²) in [5.41, 5.74) is 0.846. The van der Waals surface area contributed by atoms with Crippen LogP contribution < -0.4 is 0 Å². The van der Waals surface area contributed by atoms with E-state index >= 15 is 0 Å². The summed E-state index contributed by atoms with van der Waals surface area (Å²) < 4.78 is 40.9. The molecule has 7 heteroatoms. The number of halogens is 2. The molecule has 0 amide bonds. The highest BCUT2D eigenvalue weighted by Crippen LogP contribution is 2.27. The molecule has 21 heavy (non-hydrogen) atoms. The Balaban J connectivity index is 2.38. The first-order chi connectivity index (χ1) is 9.71. The average molecular weight is 392 g/mol. The van der Waals surface area contributed by atoms with Crippen molar-refractivity contribution < 1.29 is 12.8 Å². The molecule has 0 atom stereocenters. The lowest BCUT2D eigenvalue weighted by Gasteiger charge is -2.19. The maximum Gasteiger partial charge on any atom is 0.243 e. The second-order valence-corrected chi connectivity index (χ2v) is 8.75. The van der Waals surface area contributed by atoms with E-state index in [4.69, 9.17) is 0 Å². The van der Waals surface area contributed by atoms with Crippen LogP contribution in [0.25, 0.3) is 0 Å². The molecule has 2 rings (SSSR count). The van der Waals surface area contributed by atoms with Gasteiger partial charge in [-0.25, -0.2) is 12.8 Å². The van der Waals surface area contributed by atoms with Crippen molar-refractivity contribution in [3.8, 4) is 0 Å². The SMILES string of the molecule is Cc1cc(F)cc(C)c1S(=O)(=O)N(C)Cc1cc(Br)cs1. The van der Waals surface area contributed by atoms with Crippen molar-refractivity contribution in [3.05, 3.63) is 49.9 Å². The number of thiophene rings is 1. The van der Waals surface area contributed by atoms with Crippen LogP contribution in [0, 0.1) is 19.7 Å². The largest absolute Gasteiger partial charge is 0.243 e. The topological polar surface area (TPSA) is 37.4 Å². The van der Waals surface area contributed by atoms with Crippen molar-refractivity contribution in [2.45, 2.75) is 25.3 Å². The second kappa shape index (κ2) is 6.16. The first kappa shape index (κ1) is 16.6. The molecule has 0 saturated heterocycles. The van der Waals surface area contributed by atoms with Crippen LogP contribution in [-0.4, -0.2) is 19.8 Å². The number of hydrogen-bond donors (Lipinski definition) is 0. The van der Waals surface area contributed by atoms with Gasteiger partial charge in [0, 0.05) is 28.3 Å². The monoisotopic (exact) mass is 391 g/mol. The average Bonchev–Trinajstić information content (AvgIpc) is 2.72. The number of rotatable bonds is 4. The fourth-order valence-electron chi connectivity index (χ4n) is 2.20. The third kappa shape index (κ3) is 3.53. The van der Waals surface area contributed by atoms with Gasteiger partial charge in [-0.2, -0.15) is 4.31 Å². The number of benzene rings is 1. The van der Waals surface area contributed by atoms with Gasteiger partial charge >= 0.3 is 0 Å². The Morgan fingerprint density at radius 3 is 2.29 bits per heavy atom. The standard InChI is InChI=1S/C14H15BrFNO2S2/c1-9-4-12(16)5-10(2)14(9)21(18,19)17(3)7-13-6-11(15)8-20-13/h4-6,8H,7H2,1-3H3. The summed E-state index contributed by atoms with van der Waals surface area (Å²) >= 11 is 4.84. The molecule has 3 nitrogen and oxygen atoms in total. The van der Waals surface area contributed by atoms with Crippen molar-refractivity contribution >= 4 is 37.3 Å². The molecule has 1 heterocycles. The van der Waals surface area contributed by atoms with Crippen LogP contribution in [0.2, 0.25) is 0 Å². The molecule has 1 aromatic carbocycles. The first-order valence-corrected chi connectivity index (χ1v) is 9.29. The van der Waals surface area contributed by atoms with Gasteiger partial charge in [0.15, 0.2) is 0 Å². The van der Waals surface area contributed by atoms with Crippen molar-refractivity contribution in [1.82, 2.24) is 4.31 Å². The van der Waals surface area contributed by atoms with Crippen molar-refractivity contribution in [1.29, 1.82) is 0 Å². The molecule has 0 unspecified atom stereocenters. The highest BCUT2D eigenvalue weighted by Gasteiger charge is 2.25. The Bertz CT molecular complexity index is 748. The molecule has 0 N–H and O–H groups in total. The van der Waals surface area contributed by atoms with Gasteiger partial charge in [0.2, 0.25) is 10.0 Å². The van der Waals surface area contributed by atoms with Gasteiger partial charge in [-0.3, -0.25) is 0 Å². The minimum atomic E-state index is -3.65. The zero-order valence-electron chi connectivity index (χ0n) is 11.9. The molecule has 0 spiro atoms. The number of hydrogen-bond acceptors (Lipinski definition) is 3. The Labute approximate surface area is 136 Å². The van der Waals surface area contributed by atoms with Crippen LogP contribution in [0.15, 0.2) is 32.9 Å². The molecule has 0 aliphatic rings. The third-order valence-electron chi connectivity index (χ3n) is 3.09. The van der Waals surface area contributed by atoms with E-state index in [-0.39, 0.29) is 11.4 Å². The molecule has 0 aliphatic heterocycles. The normalized spacial score (nSPS) is 12.1. The highest BCUT2D eigenvalue weighted by molar-refractivity contribution is 9.10. The van der Waals surface area contributed by atoms with E-state index in [0.717, 1.165) is 9.35 Å². The maximum absolute atomic E-state index is 13.3. The number of nitrogens with zero attached hydrogens (tertiary/aromatic N) is 1. The summed E-state index contributed by atoms with van der Waals surface area (Å²) in [6.45, 7) is 3.51. The minimum absolute atomic E-state index is 0.182. The van der Waals surface area contributed by atoms with E-state index in [0.29, 0.717) is 11.1 Å². The molecule has 2 aromatic rings. The zero-order valence-corrected chi connectivity index (χ0v) is 15.1. The quantitative estimate of drug-likeness (QED) is 0.786. The van der Waals surface area contributed by atoms with Crippen LogP contribution in [0.1, 0.15) is 16.0 Å². The highest BCUT2D eigenvalue weighted by atomic mass is 79.9. The van der Waals surface area contributed by atoms with E-state index in [2.05, 4.69) is 15.9 Å². The van der Waals surface area contributed by atoms with Crippen LogP contribution in [-0.2, 0) is 16.6 Å².